The third-order valence-corrected chi connectivity index (χ3v) is 14.7. The average molecular weight is 981 g/mol. The molecule has 4 heterocycles. The Morgan fingerprint density at radius 3 is 1.74 bits per heavy atom. The second kappa shape index (κ2) is 16.6. The standard InChI is InChI=1S/C63H39Cl2N7O/c1-63(2)50-32-39(42-31-49(56-46-24-10-12-26-54(46)73-55(56)33-42)60-67-58(69-62(65)71-60)40-20-13-19-38(29-40)36-15-5-3-6-16-36)27-28-44(50)47-34-48-45-23-9-11-25-52(45)72(53(48)35-51(47)63)43-22-14-21-41(30-43)59-66-57(68-61(64)70-59)37-17-7-4-8-18-37/h3-35H,1-2H3. The summed E-state index contributed by atoms with van der Waals surface area (Å²) in [6.07, 6.45) is 0. The molecule has 14 rings (SSSR count). The van der Waals surface area contributed by atoms with Crippen LogP contribution in [0.3, 0.4) is 0 Å². The maximum Gasteiger partial charge on any atom is 0.226 e. The molecule has 0 radical (unpaired) electrons. The Labute approximate surface area is 429 Å². The van der Waals surface area contributed by atoms with Crippen LogP contribution in [0.15, 0.2) is 205 Å². The topological polar surface area (TPSA) is 95.4 Å². The highest BCUT2D eigenvalue weighted by Crippen LogP contribution is 2.52. The van der Waals surface area contributed by atoms with Crippen molar-refractivity contribution < 1.29 is 4.42 Å². The normalized spacial score (nSPS) is 12.8. The fraction of sp³-hybridized carbons (Fsp3) is 0.0476. The highest BCUT2D eigenvalue weighted by molar-refractivity contribution is 6.29. The lowest BCUT2D eigenvalue weighted by atomic mass is 9.81. The summed E-state index contributed by atoms with van der Waals surface area (Å²) in [6.45, 7) is 4.65. The number of hydrogen-bond acceptors (Lipinski definition) is 7. The van der Waals surface area contributed by atoms with Crippen molar-refractivity contribution in [2.45, 2.75) is 19.3 Å². The maximum atomic E-state index is 6.82. The minimum absolute atomic E-state index is 0.111. The Hall–Kier alpha value is -8.82. The van der Waals surface area contributed by atoms with E-state index in [1.807, 2.05) is 91.0 Å². The number of halogens is 2. The Kier molecular flexibility index (Phi) is 9.80. The van der Waals surface area contributed by atoms with E-state index in [2.05, 4.69) is 143 Å². The van der Waals surface area contributed by atoms with Gasteiger partial charge in [-0.3, -0.25) is 0 Å². The molecule has 0 fully saturated rings. The first kappa shape index (κ1) is 43.0. The Morgan fingerprint density at radius 1 is 0.370 bits per heavy atom. The Balaban J connectivity index is 0.886. The molecule has 0 saturated heterocycles. The third-order valence-electron chi connectivity index (χ3n) is 14.4. The van der Waals surface area contributed by atoms with Gasteiger partial charge in [0.25, 0.3) is 0 Å². The van der Waals surface area contributed by atoms with Crippen molar-refractivity contribution in [2.75, 3.05) is 0 Å². The molecule has 0 saturated carbocycles. The van der Waals surface area contributed by atoms with E-state index >= 15 is 0 Å². The number of hydrogen-bond donors (Lipinski definition) is 0. The summed E-state index contributed by atoms with van der Waals surface area (Å²) in [5, 5.41) is 4.48. The molecule has 13 aromatic rings. The molecule has 10 heteroatoms. The van der Waals surface area contributed by atoms with Crippen molar-refractivity contribution in [3.63, 3.8) is 0 Å². The quantitative estimate of drug-likeness (QED) is 0.157. The summed E-state index contributed by atoms with van der Waals surface area (Å²) in [5.41, 5.74) is 16.8. The van der Waals surface area contributed by atoms with E-state index in [-0.39, 0.29) is 16.0 Å². The fourth-order valence-corrected chi connectivity index (χ4v) is 11.2. The number of nitrogens with zero attached hydrogens (tertiary/aromatic N) is 7. The average Bonchev–Trinajstić information content (AvgIpc) is 4.04. The van der Waals surface area contributed by atoms with E-state index in [0.29, 0.717) is 23.3 Å². The van der Waals surface area contributed by atoms with Crippen LogP contribution in [0.5, 0.6) is 0 Å². The molecule has 0 N–H and O–H groups in total. The van der Waals surface area contributed by atoms with Crippen LogP contribution in [0.25, 0.3) is 128 Å². The predicted molar refractivity (Wildman–Crippen MR) is 295 cm³/mol. The van der Waals surface area contributed by atoms with E-state index in [4.69, 9.17) is 42.6 Å². The molecule has 346 valence electrons. The van der Waals surface area contributed by atoms with E-state index in [1.165, 1.54) is 33.0 Å². The molecule has 0 spiro atoms. The lowest BCUT2D eigenvalue weighted by Crippen LogP contribution is -2.15. The zero-order valence-electron chi connectivity index (χ0n) is 39.3. The second-order valence-electron chi connectivity index (χ2n) is 19.0. The van der Waals surface area contributed by atoms with Crippen LogP contribution in [-0.4, -0.2) is 34.5 Å². The number of furan rings is 1. The highest BCUT2D eigenvalue weighted by Gasteiger charge is 2.37. The van der Waals surface area contributed by atoms with Gasteiger partial charge in [-0.2, -0.15) is 19.9 Å². The molecule has 0 atom stereocenters. The summed E-state index contributed by atoms with van der Waals surface area (Å²) in [4.78, 5) is 28.5. The molecule has 1 aliphatic rings. The van der Waals surface area contributed by atoms with Gasteiger partial charge in [0.15, 0.2) is 23.3 Å². The number of rotatable bonds is 7. The predicted octanol–water partition coefficient (Wildman–Crippen LogP) is 16.7. The van der Waals surface area contributed by atoms with Gasteiger partial charge in [-0.25, -0.2) is 9.97 Å². The van der Waals surface area contributed by atoms with Crippen LogP contribution in [0.1, 0.15) is 25.0 Å². The minimum atomic E-state index is -0.356. The SMILES string of the molecule is CC1(C)c2cc(-c3cc(-c4nc(Cl)nc(-c5cccc(-c6ccccc6)c5)n4)c4c(c3)oc3ccccc34)ccc2-c2cc3c4ccccc4n(-c4cccc(-c5nc(Cl)nc(-c6ccccc6)n5)c4)c3cc21. The summed E-state index contributed by atoms with van der Waals surface area (Å²) < 4.78 is 8.98. The molecule has 0 bridgehead atoms. The molecular weight excluding hydrogens is 942 g/mol. The van der Waals surface area contributed by atoms with E-state index in [0.717, 1.165) is 83.2 Å². The van der Waals surface area contributed by atoms with Gasteiger partial charge in [0.05, 0.1) is 11.0 Å². The first-order chi connectivity index (χ1) is 35.7. The molecule has 8 nitrogen and oxygen atoms in total. The third kappa shape index (κ3) is 7.13. The van der Waals surface area contributed by atoms with Gasteiger partial charge < -0.3 is 8.98 Å². The number of fused-ring (bicyclic) bond motifs is 9. The molecular formula is C63H39Cl2N7O. The zero-order chi connectivity index (χ0) is 49.0. The minimum Gasteiger partial charge on any atom is -0.456 e. The van der Waals surface area contributed by atoms with Crippen molar-refractivity contribution >= 4 is 66.9 Å². The van der Waals surface area contributed by atoms with Gasteiger partial charge in [-0.1, -0.05) is 153 Å². The van der Waals surface area contributed by atoms with E-state index in [9.17, 15) is 0 Å². The fourth-order valence-electron chi connectivity index (χ4n) is 10.9. The van der Waals surface area contributed by atoms with Gasteiger partial charge in [-0.05, 0) is 128 Å². The molecule has 0 unspecified atom stereocenters. The number of para-hydroxylation sites is 2. The summed E-state index contributed by atoms with van der Waals surface area (Å²) in [7, 11) is 0. The first-order valence-corrected chi connectivity index (χ1v) is 24.8. The van der Waals surface area contributed by atoms with Crippen molar-refractivity contribution in [3.05, 3.63) is 222 Å². The van der Waals surface area contributed by atoms with Crippen LogP contribution >= 0.6 is 23.2 Å². The Bertz CT molecular complexity index is 4390. The van der Waals surface area contributed by atoms with Gasteiger partial charge in [-0.15, -0.1) is 0 Å². The Morgan fingerprint density at radius 2 is 0.959 bits per heavy atom. The van der Waals surface area contributed by atoms with Gasteiger partial charge in [0.1, 0.15) is 11.2 Å². The maximum absolute atomic E-state index is 6.82. The van der Waals surface area contributed by atoms with E-state index in [1.54, 1.807) is 0 Å². The summed E-state index contributed by atoms with van der Waals surface area (Å²) in [6, 6.07) is 69.2. The van der Waals surface area contributed by atoms with E-state index < -0.39 is 0 Å². The van der Waals surface area contributed by atoms with Gasteiger partial charge >= 0.3 is 0 Å². The lowest BCUT2D eigenvalue weighted by Gasteiger charge is -2.22. The van der Waals surface area contributed by atoms with Crippen LogP contribution in [-0.2, 0) is 5.41 Å². The van der Waals surface area contributed by atoms with Crippen LogP contribution in [0.2, 0.25) is 10.6 Å². The largest absolute Gasteiger partial charge is 0.456 e. The number of aromatic nitrogens is 7. The van der Waals surface area contributed by atoms with Crippen molar-refractivity contribution in [3.8, 4) is 84.6 Å². The van der Waals surface area contributed by atoms with Gasteiger partial charge in [0, 0.05) is 54.9 Å². The van der Waals surface area contributed by atoms with Crippen molar-refractivity contribution in [1.29, 1.82) is 0 Å². The molecule has 0 amide bonds. The summed E-state index contributed by atoms with van der Waals surface area (Å²) in [5.74, 6) is 1.98. The van der Waals surface area contributed by atoms with Crippen molar-refractivity contribution in [2.24, 2.45) is 0 Å². The van der Waals surface area contributed by atoms with Crippen LogP contribution < -0.4 is 0 Å². The molecule has 1 aliphatic carbocycles. The van der Waals surface area contributed by atoms with Crippen molar-refractivity contribution in [1.82, 2.24) is 34.5 Å². The zero-order valence-corrected chi connectivity index (χ0v) is 40.9. The molecule has 4 aromatic heterocycles. The smallest absolute Gasteiger partial charge is 0.226 e. The molecule has 73 heavy (non-hydrogen) atoms. The first-order valence-electron chi connectivity index (χ1n) is 24.1. The molecule has 0 aliphatic heterocycles. The lowest BCUT2D eigenvalue weighted by molar-refractivity contribution is 0.661. The number of benzene rings is 9. The molecule has 9 aromatic carbocycles. The second-order valence-corrected chi connectivity index (χ2v) is 19.7. The van der Waals surface area contributed by atoms with Crippen LogP contribution in [0.4, 0.5) is 0 Å². The highest BCUT2D eigenvalue weighted by atomic mass is 35.5. The van der Waals surface area contributed by atoms with Gasteiger partial charge in [0.2, 0.25) is 10.6 Å². The van der Waals surface area contributed by atoms with Crippen LogP contribution in [0, 0.1) is 0 Å². The monoisotopic (exact) mass is 979 g/mol. The summed E-state index contributed by atoms with van der Waals surface area (Å²) >= 11 is 13.4.